The maximum absolute atomic E-state index is 13.2. The van der Waals surface area contributed by atoms with Gasteiger partial charge in [0, 0.05) is 11.3 Å². The molecule has 0 saturated heterocycles. The van der Waals surface area contributed by atoms with Crippen LogP contribution in [0.4, 0.5) is 4.39 Å². The number of nitrogens with zero attached hydrogens (tertiary/aromatic N) is 1. The number of hydrogen-bond acceptors (Lipinski definition) is 2. The Hall–Kier alpha value is -1.68. The third-order valence-corrected chi connectivity index (χ3v) is 2.79. The van der Waals surface area contributed by atoms with E-state index in [1.54, 1.807) is 6.07 Å². The molecule has 2 aromatic rings. The first-order valence-corrected chi connectivity index (χ1v) is 5.69. The van der Waals surface area contributed by atoms with Crippen molar-refractivity contribution >= 4 is 0 Å². The van der Waals surface area contributed by atoms with Crippen molar-refractivity contribution in [3.8, 4) is 11.3 Å². The molecule has 0 saturated carbocycles. The van der Waals surface area contributed by atoms with E-state index in [1.165, 1.54) is 12.1 Å². The molecule has 3 nitrogen and oxygen atoms in total. The predicted molar refractivity (Wildman–Crippen MR) is 65.9 cm³/mol. The molecule has 4 heteroatoms. The molecule has 0 aliphatic heterocycles. The summed E-state index contributed by atoms with van der Waals surface area (Å²) in [5.74, 6) is 0.496. The summed E-state index contributed by atoms with van der Waals surface area (Å²) in [4.78, 5) is 7.60. The second-order valence-corrected chi connectivity index (χ2v) is 4.12. The largest absolute Gasteiger partial charge is 0.344 e. The van der Waals surface area contributed by atoms with Crippen LogP contribution in [-0.4, -0.2) is 9.97 Å². The van der Waals surface area contributed by atoms with Crippen LogP contribution < -0.4 is 5.73 Å². The van der Waals surface area contributed by atoms with Crippen molar-refractivity contribution in [3.05, 3.63) is 41.6 Å². The van der Waals surface area contributed by atoms with Crippen molar-refractivity contribution in [3.63, 3.8) is 0 Å². The molecule has 0 fully saturated rings. The molecule has 0 amide bonds. The summed E-state index contributed by atoms with van der Waals surface area (Å²) in [6, 6.07) is 6.32. The van der Waals surface area contributed by atoms with Crippen molar-refractivity contribution in [2.24, 2.45) is 5.73 Å². The Morgan fingerprint density at radius 2 is 2.24 bits per heavy atom. The summed E-state index contributed by atoms with van der Waals surface area (Å²) in [5, 5.41) is 0. The fraction of sp³-hybridized carbons (Fsp3) is 0.308. The number of halogens is 1. The molecule has 1 atom stereocenters. The molecule has 1 heterocycles. The smallest absolute Gasteiger partial charge is 0.123 e. The lowest BCUT2D eigenvalue weighted by Gasteiger charge is -2.02. The third kappa shape index (κ3) is 2.36. The molecule has 3 N–H and O–H groups in total. The van der Waals surface area contributed by atoms with E-state index in [4.69, 9.17) is 5.73 Å². The van der Waals surface area contributed by atoms with Gasteiger partial charge in [0.05, 0.1) is 11.7 Å². The van der Waals surface area contributed by atoms with Gasteiger partial charge >= 0.3 is 0 Å². The van der Waals surface area contributed by atoms with Gasteiger partial charge in [0.25, 0.3) is 0 Å². The van der Waals surface area contributed by atoms with E-state index in [1.807, 2.05) is 19.9 Å². The van der Waals surface area contributed by atoms with Gasteiger partial charge < -0.3 is 10.7 Å². The normalized spacial score (nSPS) is 12.7. The van der Waals surface area contributed by atoms with E-state index in [9.17, 15) is 4.39 Å². The zero-order chi connectivity index (χ0) is 12.4. The summed E-state index contributed by atoms with van der Waals surface area (Å²) < 4.78 is 13.2. The molecule has 17 heavy (non-hydrogen) atoms. The summed E-state index contributed by atoms with van der Waals surface area (Å²) in [6.07, 6.45) is 0.815. The zero-order valence-corrected chi connectivity index (χ0v) is 10.00. The summed E-state index contributed by atoms with van der Waals surface area (Å²) in [5.41, 5.74) is 8.37. The van der Waals surface area contributed by atoms with Gasteiger partial charge in [-0.15, -0.1) is 0 Å². The molecule has 0 aliphatic rings. The summed E-state index contributed by atoms with van der Waals surface area (Å²) in [7, 11) is 0. The number of nitrogens with one attached hydrogen (secondary N) is 1. The number of benzene rings is 1. The number of nitrogens with two attached hydrogens (primary N) is 1. The number of H-pyrrole nitrogens is 1. The fourth-order valence-electron chi connectivity index (χ4n) is 1.77. The minimum atomic E-state index is -0.258. The lowest BCUT2D eigenvalue weighted by molar-refractivity contribution is 0.628. The number of aromatic amines is 1. The monoisotopic (exact) mass is 233 g/mol. The average molecular weight is 233 g/mol. The van der Waals surface area contributed by atoms with Crippen LogP contribution in [0.3, 0.4) is 0 Å². The fourth-order valence-corrected chi connectivity index (χ4v) is 1.77. The van der Waals surface area contributed by atoms with Gasteiger partial charge in [-0.05, 0) is 25.5 Å². The van der Waals surface area contributed by atoms with Gasteiger partial charge in [0.1, 0.15) is 11.6 Å². The highest BCUT2D eigenvalue weighted by molar-refractivity contribution is 5.61. The second-order valence-electron chi connectivity index (χ2n) is 4.12. The van der Waals surface area contributed by atoms with Crippen molar-refractivity contribution in [1.82, 2.24) is 9.97 Å². The minimum absolute atomic E-state index is 0.101. The SMILES string of the molecule is CCC(N)c1nc(-c2cccc(F)c2)c(C)[nH]1. The van der Waals surface area contributed by atoms with Crippen molar-refractivity contribution in [1.29, 1.82) is 0 Å². The van der Waals surface area contributed by atoms with Gasteiger partial charge in [0.15, 0.2) is 0 Å². The van der Waals surface area contributed by atoms with Crippen molar-refractivity contribution in [2.45, 2.75) is 26.3 Å². The Balaban J connectivity index is 2.42. The highest BCUT2D eigenvalue weighted by atomic mass is 19.1. The van der Waals surface area contributed by atoms with E-state index in [0.717, 1.165) is 29.2 Å². The first-order chi connectivity index (χ1) is 8.11. The maximum Gasteiger partial charge on any atom is 0.123 e. The molecule has 1 aromatic carbocycles. The molecule has 0 spiro atoms. The van der Waals surface area contributed by atoms with Crippen LogP contribution in [0.2, 0.25) is 0 Å². The van der Waals surface area contributed by atoms with E-state index in [2.05, 4.69) is 9.97 Å². The first-order valence-electron chi connectivity index (χ1n) is 5.69. The van der Waals surface area contributed by atoms with Crippen LogP contribution in [0.15, 0.2) is 24.3 Å². The number of aromatic nitrogens is 2. The predicted octanol–water partition coefficient (Wildman–Crippen LogP) is 2.93. The van der Waals surface area contributed by atoms with E-state index < -0.39 is 0 Å². The Bertz CT molecular complexity index is 519. The standard InChI is InChI=1S/C13H16FN3/c1-3-11(15)13-16-8(2)12(17-13)9-5-4-6-10(14)7-9/h4-7,11H,3,15H2,1-2H3,(H,16,17). The van der Waals surface area contributed by atoms with Crippen molar-refractivity contribution in [2.75, 3.05) is 0 Å². The van der Waals surface area contributed by atoms with E-state index in [-0.39, 0.29) is 11.9 Å². The molecular weight excluding hydrogens is 217 g/mol. The minimum Gasteiger partial charge on any atom is -0.344 e. The van der Waals surface area contributed by atoms with Crippen LogP contribution in [0.5, 0.6) is 0 Å². The molecular formula is C13H16FN3. The highest BCUT2D eigenvalue weighted by Crippen LogP contribution is 2.23. The van der Waals surface area contributed by atoms with Crippen molar-refractivity contribution < 1.29 is 4.39 Å². The Kier molecular flexibility index (Phi) is 3.24. The first kappa shape index (κ1) is 11.8. The van der Waals surface area contributed by atoms with Gasteiger partial charge in [-0.3, -0.25) is 0 Å². The van der Waals surface area contributed by atoms with Crippen LogP contribution in [0, 0.1) is 12.7 Å². The number of imidazole rings is 1. The van der Waals surface area contributed by atoms with Crippen LogP contribution in [0.25, 0.3) is 11.3 Å². The van der Waals surface area contributed by atoms with Crippen LogP contribution >= 0.6 is 0 Å². The average Bonchev–Trinajstić information content (AvgIpc) is 2.70. The number of aryl methyl sites for hydroxylation is 1. The molecule has 0 radical (unpaired) electrons. The lowest BCUT2D eigenvalue weighted by atomic mass is 10.1. The third-order valence-electron chi connectivity index (χ3n) is 2.79. The Morgan fingerprint density at radius 1 is 1.47 bits per heavy atom. The van der Waals surface area contributed by atoms with Gasteiger partial charge in [-0.25, -0.2) is 9.37 Å². The topological polar surface area (TPSA) is 54.7 Å². The Morgan fingerprint density at radius 3 is 2.88 bits per heavy atom. The van der Waals surface area contributed by atoms with E-state index in [0.29, 0.717) is 0 Å². The highest BCUT2D eigenvalue weighted by Gasteiger charge is 2.13. The summed E-state index contributed by atoms with van der Waals surface area (Å²) >= 11 is 0. The van der Waals surface area contributed by atoms with Crippen LogP contribution in [0.1, 0.15) is 30.9 Å². The van der Waals surface area contributed by atoms with Crippen LogP contribution in [-0.2, 0) is 0 Å². The number of rotatable bonds is 3. The Labute approximate surface area is 99.9 Å². The van der Waals surface area contributed by atoms with E-state index >= 15 is 0 Å². The quantitative estimate of drug-likeness (QED) is 0.856. The molecule has 1 aromatic heterocycles. The molecule has 2 rings (SSSR count). The zero-order valence-electron chi connectivity index (χ0n) is 10.00. The molecule has 1 unspecified atom stereocenters. The molecule has 0 aliphatic carbocycles. The second kappa shape index (κ2) is 4.67. The van der Waals surface area contributed by atoms with Gasteiger partial charge in [0.2, 0.25) is 0 Å². The maximum atomic E-state index is 13.2. The molecule has 90 valence electrons. The van der Waals surface area contributed by atoms with Gasteiger partial charge in [-0.1, -0.05) is 19.1 Å². The lowest BCUT2D eigenvalue weighted by Crippen LogP contribution is -2.10. The summed E-state index contributed by atoms with van der Waals surface area (Å²) in [6.45, 7) is 3.92. The molecule has 0 bridgehead atoms. The number of hydrogen-bond donors (Lipinski definition) is 2. The van der Waals surface area contributed by atoms with Gasteiger partial charge in [-0.2, -0.15) is 0 Å².